The van der Waals surface area contributed by atoms with Crippen molar-refractivity contribution in [2.24, 2.45) is 5.92 Å². The number of rotatable bonds is 9. The monoisotopic (exact) mass is 359 g/mol. The molecular weight excluding hydrogens is 334 g/mol. The Bertz CT molecular complexity index is 687. The molecule has 1 rings (SSSR count). The Hall–Kier alpha value is -3.09. The van der Waals surface area contributed by atoms with Crippen molar-refractivity contribution in [1.29, 1.82) is 0 Å². The molecule has 0 aliphatic heterocycles. The van der Waals surface area contributed by atoms with Crippen LogP contribution >= 0.6 is 0 Å². The summed E-state index contributed by atoms with van der Waals surface area (Å²) in [6, 6.07) is 5.71. The average Bonchev–Trinajstić information content (AvgIpc) is 2.60. The van der Waals surface area contributed by atoms with Crippen molar-refractivity contribution in [3.8, 4) is 0 Å². The minimum Gasteiger partial charge on any atom is -0.465 e. The Labute approximate surface area is 153 Å². The number of amides is 3. The Balaban J connectivity index is 2.92. The number of nitrogens with one attached hydrogen (secondary N) is 3. The molecule has 0 bridgehead atoms. The molecule has 0 aromatic heterocycles. The number of anilines is 1. The van der Waals surface area contributed by atoms with Crippen molar-refractivity contribution in [2.75, 3.05) is 5.32 Å². The summed E-state index contributed by atoms with van der Waals surface area (Å²) >= 11 is 0. The lowest BCUT2D eigenvalue weighted by Gasteiger charge is -2.22. The molecule has 4 N–H and O–H groups in total. The maximum atomic E-state index is 12.4. The number of para-hydroxylation sites is 1. The van der Waals surface area contributed by atoms with Crippen molar-refractivity contribution in [2.45, 2.75) is 32.4 Å². The zero-order chi connectivity index (χ0) is 19.7. The van der Waals surface area contributed by atoms with Crippen LogP contribution in [0.15, 0.2) is 49.6 Å². The smallest absolute Gasteiger partial charge is 0.405 e. The molecule has 0 saturated carbocycles. The van der Waals surface area contributed by atoms with E-state index >= 15 is 0 Å². The minimum absolute atomic E-state index is 0.167. The Morgan fingerprint density at radius 2 is 1.77 bits per heavy atom. The van der Waals surface area contributed by atoms with Crippen molar-refractivity contribution >= 4 is 23.6 Å². The number of hydrogen-bond donors (Lipinski definition) is 4. The highest BCUT2D eigenvalue weighted by Crippen LogP contribution is 2.23. The lowest BCUT2D eigenvalue weighted by molar-refractivity contribution is -0.123. The van der Waals surface area contributed by atoms with Crippen LogP contribution in [0.3, 0.4) is 0 Å². The molecule has 0 aliphatic rings. The Morgan fingerprint density at radius 3 is 2.35 bits per heavy atom. The topological polar surface area (TPSA) is 108 Å². The van der Waals surface area contributed by atoms with Gasteiger partial charge in [0.1, 0.15) is 6.04 Å². The van der Waals surface area contributed by atoms with Crippen LogP contribution in [0.5, 0.6) is 0 Å². The van der Waals surface area contributed by atoms with Crippen LogP contribution in [0.4, 0.5) is 10.5 Å². The third-order valence-corrected chi connectivity index (χ3v) is 3.83. The highest BCUT2D eigenvalue weighted by atomic mass is 16.4. The molecule has 0 radical (unpaired) electrons. The molecule has 0 saturated heterocycles. The highest BCUT2D eigenvalue weighted by molar-refractivity contribution is 5.94. The quantitative estimate of drug-likeness (QED) is 0.509. The zero-order valence-corrected chi connectivity index (χ0v) is 15.0. The first-order chi connectivity index (χ1) is 12.3. The van der Waals surface area contributed by atoms with E-state index in [4.69, 9.17) is 5.11 Å². The number of benzene rings is 1. The number of carbonyl (C=O) groups is 3. The molecule has 0 heterocycles. The van der Waals surface area contributed by atoms with E-state index in [0.29, 0.717) is 11.3 Å². The summed E-state index contributed by atoms with van der Waals surface area (Å²) < 4.78 is 0. The first-order valence-corrected chi connectivity index (χ1v) is 8.23. The lowest BCUT2D eigenvalue weighted by atomic mass is 10.0. The first-order valence-electron chi connectivity index (χ1n) is 8.23. The van der Waals surface area contributed by atoms with Crippen molar-refractivity contribution in [3.63, 3.8) is 0 Å². The second-order valence-corrected chi connectivity index (χ2v) is 5.86. The van der Waals surface area contributed by atoms with Gasteiger partial charge in [-0.2, -0.15) is 0 Å². The van der Waals surface area contributed by atoms with E-state index in [1.165, 1.54) is 6.08 Å². The van der Waals surface area contributed by atoms with Crippen molar-refractivity contribution < 1.29 is 19.5 Å². The summed E-state index contributed by atoms with van der Waals surface area (Å²) in [6.07, 6.45) is 1.89. The molecule has 26 heavy (non-hydrogen) atoms. The maximum absolute atomic E-state index is 12.4. The lowest BCUT2D eigenvalue weighted by Crippen LogP contribution is -2.46. The molecule has 1 aromatic carbocycles. The van der Waals surface area contributed by atoms with Gasteiger partial charge >= 0.3 is 6.09 Å². The summed E-state index contributed by atoms with van der Waals surface area (Å²) in [5, 5.41) is 16.6. The van der Waals surface area contributed by atoms with Gasteiger partial charge in [-0.1, -0.05) is 37.3 Å². The Morgan fingerprint density at radius 1 is 1.12 bits per heavy atom. The molecule has 0 fully saturated rings. The van der Waals surface area contributed by atoms with Crippen LogP contribution in [0.1, 0.15) is 31.9 Å². The molecule has 0 aliphatic carbocycles. The summed E-state index contributed by atoms with van der Waals surface area (Å²) in [6.45, 7) is 10.6. The van der Waals surface area contributed by atoms with Gasteiger partial charge < -0.3 is 21.1 Å². The average molecular weight is 359 g/mol. The largest absolute Gasteiger partial charge is 0.465 e. The standard InChI is InChI=1S/C19H25N3O4/c1-5-9-16(22-19(25)26)18(24)20-13(4)14-10-7-8-11-15(14)21-17(23)12(3)6-2/h5-8,10-13,16,22H,1-2,9H2,3-4H3,(H,20,24)(H,21,23)(H,25,26)/t12?,13?,16-/m0/s1. The predicted molar refractivity (Wildman–Crippen MR) is 101 cm³/mol. The van der Waals surface area contributed by atoms with Gasteiger partial charge in [-0.05, 0) is 25.0 Å². The van der Waals surface area contributed by atoms with Gasteiger partial charge in [0.15, 0.2) is 0 Å². The van der Waals surface area contributed by atoms with E-state index in [1.54, 1.807) is 44.2 Å². The van der Waals surface area contributed by atoms with Crippen molar-refractivity contribution in [3.05, 3.63) is 55.1 Å². The summed E-state index contributed by atoms with van der Waals surface area (Å²) in [4.78, 5) is 35.3. The van der Waals surface area contributed by atoms with Gasteiger partial charge in [0, 0.05) is 5.69 Å². The minimum atomic E-state index is -1.29. The van der Waals surface area contributed by atoms with E-state index in [9.17, 15) is 14.4 Å². The summed E-state index contributed by atoms with van der Waals surface area (Å²) in [5.74, 6) is -1.03. The van der Waals surface area contributed by atoms with Crippen LogP contribution in [-0.2, 0) is 9.59 Å². The van der Waals surface area contributed by atoms with E-state index in [-0.39, 0.29) is 18.2 Å². The van der Waals surface area contributed by atoms with E-state index in [1.807, 2.05) is 0 Å². The van der Waals surface area contributed by atoms with Crippen LogP contribution in [0.25, 0.3) is 0 Å². The molecular formula is C19H25N3O4. The highest BCUT2D eigenvalue weighted by Gasteiger charge is 2.22. The van der Waals surface area contributed by atoms with Gasteiger partial charge in [0.05, 0.1) is 12.0 Å². The molecule has 1 aromatic rings. The molecule has 2 unspecified atom stereocenters. The van der Waals surface area contributed by atoms with Gasteiger partial charge in [-0.15, -0.1) is 13.2 Å². The third kappa shape index (κ3) is 6.08. The van der Waals surface area contributed by atoms with Gasteiger partial charge in [-0.3, -0.25) is 9.59 Å². The molecule has 140 valence electrons. The van der Waals surface area contributed by atoms with Gasteiger partial charge in [0.2, 0.25) is 11.8 Å². The summed E-state index contributed by atoms with van der Waals surface area (Å²) in [7, 11) is 0. The fourth-order valence-corrected chi connectivity index (χ4v) is 2.28. The predicted octanol–water partition coefficient (Wildman–Crippen LogP) is 2.84. The molecule has 7 nitrogen and oxygen atoms in total. The SMILES string of the molecule is C=CC[C@H](NC(=O)O)C(=O)NC(C)c1ccccc1NC(=O)C(C)C=C. The number of carboxylic acid groups (broad SMARTS) is 1. The maximum Gasteiger partial charge on any atom is 0.405 e. The molecule has 3 amide bonds. The van der Waals surface area contributed by atoms with E-state index in [2.05, 4.69) is 29.1 Å². The van der Waals surface area contributed by atoms with Crippen molar-refractivity contribution in [1.82, 2.24) is 10.6 Å². The number of hydrogen-bond acceptors (Lipinski definition) is 3. The molecule has 0 spiro atoms. The zero-order valence-electron chi connectivity index (χ0n) is 15.0. The normalized spacial score (nSPS) is 13.6. The van der Waals surface area contributed by atoms with E-state index in [0.717, 1.165) is 0 Å². The Kier molecular flexibility index (Phi) is 8.08. The van der Waals surface area contributed by atoms with Crippen LogP contribution in [0, 0.1) is 5.92 Å². The second kappa shape index (κ2) is 10.0. The van der Waals surface area contributed by atoms with E-state index < -0.39 is 24.1 Å². The third-order valence-electron chi connectivity index (χ3n) is 3.83. The van der Waals surface area contributed by atoms with Gasteiger partial charge in [0.25, 0.3) is 0 Å². The summed E-state index contributed by atoms with van der Waals surface area (Å²) in [5.41, 5.74) is 1.28. The molecule has 3 atom stereocenters. The van der Waals surface area contributed by atoms with Crippen LogP contribution < -0.4 is 16.0 Å². The van der Waals surface area contributed by atoms with Gasteiger partial charge in [-0.25, -0.2) is 4.79 Å². The van der Waals surface area contributed by atoms with Crippen LogP contribution in [0.2, 0.25) is 0 Å². The fraction of sp³-hybridized carbons (Fsp3) is 0.316. The molecule has 7 heteroatoms. The number of carbonyl (C=O) groups excluding carboxylic acids is 2. The second-order valence-electron chi connectivity index (χ2n) is 5.86. The first kappa shape index (κ1) is 21.0. The fourth-order valence-electron chi connectivity index (χ4n) is 2.28. The van der Waals surface area contributed by atoms with Crippen LogP contribution in [-0.4, -0.2) is 29.1 Å².